The summed E-state index contributed by atoms with van der Waals surface area (Å²) in [6, 6.07) is 14.1. The first-order valence-electron chi connectivity index (χ1n) is 12.1. The molecule has 1 saturated carbocycles. The molecule has 33 heavy (non-hydrogen) atoms. The van der Waals surface area contributed by atoms with Gasteiger partial charge in [-0.3, -0.25) is 4.79 Å². The molecule has 1 amide bonds. The number of rotatable bonds is 7. The normalized spacial score (nSPS) is 19.2. The molecule has 0 spiro atoms. The molecule has 1 fully saturated rings. The summed E-state index contributed by atoms with van der Waals surface area (Å²) in [6.45, 7) is 8.24. The molecule has 0 aromatic heterocycles. The zero-order valence-corrected chi connectivity index (χ0v) is 19.7. The molecule has 1 N–H and O–H groups in total. The zero-order chi connectivity index (χ0) is 23.4. The summed E-state index contributed by atoms with van der Waals surface area (Å²) in [7, 11) is 0. The molecule has 1 atom stereocenters. The third kappa shape index (κ3) is 5.35. The van der Waals surface area contributed by atoms with Crippen molar-refractivity contribution in [1.29, 1.82) is 0 Å². The van der Waals surface area contributed by atoms with E-state index in [2.05, 4.69) is 11.9 Å². The van der Waals surface area contributed by atoms with Crippen molar-refractivity contribution >= 4 is 17.3 Å². The molecular weight excluding hydrogens is 413 g/mol. The number of benzodiazepines with no additional fused rings is 1. The predicted molar refractivity (Wildman–Crippen MR) is 133 cm³/mol. The van der Waals surface area contributed by atoms with Crippen LogP contribution in [0.5, 0.6) is 0 Å². The Hall–Kier alpha value is -2.95. The van der Waals surface area contributed by atoms with E-state index in [-0.39, 0.29) is 17.8 Å². The highest BCUT2D eigenvalue weighted by Gasteiger charge is 2.33. The third-order valence-electron chi connectivity index (χ3n) is 6.70. The van der Waals surface area contributed by atoms with E-state index in [4.69, 9.17) is 4.99 Å². The highest BCUT2D eigenvalue weighted by molar-refractivity contribution is 6.20. The molecule has 0 radical (unpaired) electrons. The van der Waals surface area contributed by atoms with Gasteiger partial charge < -0.3 is 10.2 Å². The SMILES string of the molecule is C=C(CCC1CCCCC1)NC1N=C(c2ccc(F)cc2)c2ccccc2N(C(C)C)C1=O. The smallest absolute Gasteiger partial charge is 0.272 e. The second-order valence-electron chi connectivity index (χ2n) is 9.50. The fraction of sp³-hybridized carbons (Fsp3) is 0.429. The molecule has 2 aliphatic rings. The summed E-state index contributed by atoms with van der Waals surface area (Å²) >= 11 is 0. The van der Waals surface area contributed by atoms with Crippen LogP contribution in [0.15, 0.2) is 65.8 Å². The number of allylic oxidation sites excluding steroid dienone is 1. The van der Waals surface area contributed by atoms with E-state index < -0.39 is 6.17 Å². The van der Waals surface area contributed by atoms with Crippen LogP contribution in [-0.4, -0.2) is 23.8 Å². The molecule has 1 unspecified atom stereocenters. The van der Waals surface area contributed by atoms with Crippen molar-refractivity contribution in [1.82, 2.24) is 5.32 Å². The van der Waals surface area contributed by atoms with Crippen molar-refractivity contribution in [2.24, 2.45) is 10.9 Å². The van der Waals surface area contributed by atoms with E-state index in [1.807, 2.05) is 38.1 Å². The van der Waals surface area contributed by atoms with Gasteiger partial charge in [-0.2, -0.15) is 0 Å². The number of nitrogens with one attached hydrogen (secondary N) is 1. The van der Waals surface area contributed by atoms with E-state index >= 15 is 0 Å². The number of hydrogen-bond donors (Lipinski definition) is 1. The molecule has 0 bridgehead atoms. The quantitative estimate of drug-likeness (QED) is 0.549. The topological polar surface area (TPSA) is 44.7 Å². The average molecular weight is 448 g/mol. The van der Waals surface area contributed by atoms with E-state index in [0.29, 0.717) is 5.71 Å². The van der Waals surface area contributed by atoms with Crippen LogP contribution < -0.4 is 10.2 Å². The van der Waals surface area contributed by atoms with Gasteiger partial charge in [0.1, 0.15) is 5.82 Å². The number of halogens is 1. The van der Waals surface area contributed by atoms with Gasteiger partial charge in [0.25, 0.3) is 5.91 Å². The van der Waals surface area contributed by atoms with Crippen LogP contribution in [0.3, 0.4) is 0 Å². The Morgan fingerprint density at radius 1 is 1.12 bits per heavy atom. The Bertz CT molecular complexity index is 1020. The first-order valence-corrected chi connectivity index (χ1v) is 12.1. The molecule has 2 aromatic rings. The van der Waals surface area contributed by atoms with Crippen LogP contribution in [-0.2, 0) is 4.79 Å². The molecule has 0 saturated heterocycles. The van der Waals surface area contributed by atoms with E-state index in [0.717, 1.165) is 41.3 Å². The maximum atomic E-state index is 13.7. The van der Waals surface area contributed by atoms with Gasteiger partial charge in [0.15, 0.2) is 6.17 Å². The molecular formula is C28H34FN3O. The standard InChI is InChI=1S/C28H34FN3O/c1-19(2)32-25-12-8-7-11-24(25)26(22-15-17-23(29)18-16-22)31-27(28(32)33)30-20(3)13-14-21-9-5-4-6-10-21/h7-8,11-12,15-19,21,27,30H,3-6,9-10,13-14H2,1-2H3. The summed E-state index contributed by atoms with van der Waals surface area (Å²) in [6.07, 6.45) is 7.71. The zero-order valence-electron chi connectivity index (χ0n) is 19.7. The molecule has 1 heterocycles. The van der Waals surface area contributed by atoms with Crippen LogP contribution in [0.25, 0.3) is 0 Å². The summed E-state index contributed by atoms with van der Waals surface area (Å²) in [5.41, 5.74) is 3.98. The Labute approximate surface area is 196 Å². The van der Waals surface area contributed by atoms with Gasteiger partial charge in [-0.15, -0.1) is 0 Å². The van der Waals surface area contributed by atoms with Gasteiger partial charge in [-0.05, 0) is 62.9 Å². The summed E-state index contributed by atoms with van der Waals surface area (Å²) in [5, 5.41) is 3.33. The number of fused-ring (bicyclic) bond motifs is 1. The van der Waals surface area contributed by atoms with Crippen LogP contribution in [0.1, 0.15) is 69.9 Å². The Balaban J connectivity index is 1.65. The third-order valence-corrected chi connectivity index (χ3v) is 6.70. The number of carbonyl (C=O) groups is 1. The number of nitrogens with zero attached hydrogens (tertiary/aromatic N) is 2. The van der Waals surface area contributed by atoms with Gasteiger partial charge in [-0.25, -0.2) is 9.38 Å². The second kappa shape index (κ2) is 10.3. The number of carbonyl (C=O) groups excluding carboxylic acids is 1. The molecule has 5 heteroatoms. The predicted octanol–water partition coefficient (Wildman–Crippen LogP) is 6.21. The molecule has 4 nitrogen and oxygen atoms in total. The van der Waals surface area contributed by atoms with Crippen molar-refractivity contribution in [2.75, 3.05) is 4.90 Å². The van der Waals surface area contributed by atoms with E-state index in [1.54, 1.807) is 17.0 Å². The number of aliphatic imine (C=N–C) groups is 1. The second-order valence-corrected chi connectivity index (χ2v) is 9.50. The number of amides is 1. The molecule has 4 rings (SSSR count). The van der Waals surface area contributed by atoms with E-state index in [1.165, 1.54) is 44.2 Å². The van der Waals surface area contributed by atoms with Crippen molar-refractivity contribution in [3.63, 3.8) is 0 Å². The van der Waals surface area contributed by atoms with Crippen LogP contribution in [0, 0.1) is 11.7 Å². The van der Waals surface area contributed by atoms with Crippen LogP contribution >= 0.6 is 0 Å². The first kappa shape index (κ1) is 23.2. The number of benzene rings is 2. The van der Waals surface area contributed by atoms with Gasteiger partial charge in [0, 0.05) is 22.9 Å². The Kier molecular flexibility index (Phi) is 7.26. The maximum absolute atomic E-state index is 13.7. The fourth-order valence-corrected chi connectivity index (χ4v) is 4.97. The van der Waals surface area contributed by atoms with Crippen LogP contribution in [0.2, 0.25) is 0 Å². The van der Waals surface area contributed by atoms with Gasteiger partial charge >= 0.3 is 0 Å². The largest absolute Gasteiger partial charge is 0.360 e. The monoisotopic (exact) mass is 447 g/mol. The average Bonchev–Trinajstić information content (AvgIpc) is 2.93. The van der Waals surface area contributed by atoms with Crippen molar-refractivity contribution in [2.45, 2.75) is 71.0 Å². The minimum atomic E-state index is -0.779. The van der Waals surface area contributed by atoms with Gasteiger partial charge in [-0.1, -0.05) is 56.9 Å². The molecule has 1 aliphatic heterocycles. The lowest BCUT2D eigenvalue weighted by atomic mass is 9.86. The minimum absolute atomic E-state index is 0.0405. The van der Waals surface area contributed by atoms with Crippen molar-refractivity contribution in [3.8, 4) is 0 Å². The lowest BCUT2D eigenvalue weighted by Crippen LogP contribution is -2.47. The minimum Gasteiger partial charge on any atom is -0.360 e. The molecule has 1 aliphatic carbocycles. The number of para-hydroxylation sites is 1. The first-order chi connectivity index (χ1) is 15.9. The fourth-order valence-electron chi connectivity index (χ4n) is 4.97. The van der Waals surface area contributed by atoms with E-state index in [9.17, 15) is 9.18 Å². The van der Waals surface area contributed by atoms with Crippen molar-refractivity contribution in [3.05, 3.63) is 77.8 Å². The lowest BCUT2D eigenvalue weighted by Gasteiger charge is -2.29. The highest BCUT2D eigenvalue weighted by atomic mass is 19.1. The summed E-state index contributed by atoms with van der Waals surface area (Å²) < 4.78 is 13.6. The summed E-state index contributed by atoms with van der Waals surface area (Å²) in [5.74, 6) is 0.345. The Morgan fingerprint density at radius 2 is 1.82 bits per heavy atom. The van der Waals surface area contributed by atoms with Gasteiger partial charge in [0.2, 0.25) is 0 Å². The number of hydrogen-bond acceptors (Lipinski definition) is 3. The van der Waals surface area contributed by atoms with Crippen LogP contribution in [0.4, 0.5) is 10.1 Å². The number of anilines is 1. The lowest BCUT2D eigenvalue weighted by molar-refractivity contribution is -0.120. The molecule has 174 valence electrons. The highest BCUT2D eigenvalue weighted by Crippen LogP contribution is 2.31. The van der Waals surface area contributed by atoms with Crippen molar-refractivity contribution < 1.29 is 9.18 Å². The Morgan fingerprint density at radius 3 is 2.52 bits per heavy atom. The van der Waals surface area contributed by atoms with Gasteiger partial charge in [0.05, 0.1) is 11.4 Å². The maximum Gasteiger partial charge on any atom is 0.272 e. The summed E-state index contributed by atoms with van der Waals surface area (Å²) in [4.78, 5) is 20.4. The molecule has 2 aromatic carbocycles.